The molecule has 4 nitrogen and oxygen atoms in total. The van der Waals surface area contributed by atoms with Crippen LogP contribution < -0.4 is 30.8 Å². The first kappa shape index (κ1) is 25.0. The predicted octanol–water partition coefficient (Wildman–Crippen LogP) is 6.91. The summed E-state index contributed by atoms with van der Waals surface area (Å²) in [6.07, 6.45) is 0. The zero-order valence-electron chi connectivity index (χ0n) is 24.3. The lowest BCUT2D eigenvalue weighted by atomic mass is 9.35. The Morgan fingerprint density at radius 2 is 1.14 bits per heavy atom. The fourth-order valence-corrected chi connectivity index (χ4v) is 6.60. The molecule has 3 heterocycles. The van der Waals surface area contributed by atoms with Crippen LogP contribution in [0.3, 0.4) is 0 Å². The maximum Gasteiger partial charge on any atom is 0.260 e. The first-order chi connectivity index (χ1) is 20.3. The normalized spacial score (nSPS) is 16.9. The number of benzene rings is 5. The van der Waals surface area contributed by atoms with Gasteiger partial charge in [0, 0.05) is 16.7 Å². The van der Waals surface area contributed by atoms with Crippen molar-refractivity contribution in [3.05, 3.63) is 121 Å². The van der Waals surface area contributed by atoms with E-state index in [1.165, 1.54) is 10.9 Å². The molecule has 0 bridgehead atoms. The summed E-state index contributed by atoms with van der Waals surface area (Å²) < 4.78 is 13.1. The Hall–Kier alpha value is -4.77. The number of para-hydroxylation sites is 2. The average Bonchev–Trinajstić information content (AvgIpc) is 3.20. The van der Waals surface area contributed by atoms with Gasteiger partial charge in [0.25, 0.3) is 6.71 Å². The van der Waals surface area contributed by atoms with Gasteiger partial charge in [-0.3, -0.25) is 4.99 Å². The molecule has 0 atom stereocenters. The number of fused-ring (bicyclic) bond motifs is 4. The van der Waals surface area contributed by atoms with E-state index in [0.717, 1.165) is 56.7 Å². The molecule has 204 valence electrons. The van der Waals surface area contributed by atoms with Crippen molar-refractivity contribution in [1.29, 1.82) is 0 Å². The number of ether oxygens (including phenoxy) is 2. The summed E-state index contributed by atoms with van der Waals surface area (Å²) in [5, 5.41) is 0. The minimum atomic E-state index is -0.276. The van der Waals surface area contributed by atoms with Gasteiger partial charge < -0.3 is 14.4 Å². The quantitative estimate of drug-likeness (QED) is 0.226. The summed E-state index contributed by atoms with van der Waals surface area (Å²) in [4.78, 5) is 7.64. The van der Waals surface area contributed by atoms with Gasteiger partial charge in [-0.25, -0.2) is 0 Å². The van der Waals surface area contributed by atoms with Crippen molar-refractivity contribution in [3.63, 3.8) is 0 Å². The molecule has 42 heavy (non-hydrogen) atoms. The second-order valence-corrected chi connectivity index (χ2v) is 12.4. The van der Waals surface area contributed by atoms with E-state index in [4.69, 9.17) is 14.5 Å². The zero-order chi connectivity index (χ0) is 28.6. The van der Waals surface area contributed by atoms with Gasteiger partial charge in [-0.2, -0.15) is 0 Å². The van der Waals surface area contributed by atoms with Crippen LogP contribution in [0, 0.1) is 0 Å². The number of aliphatic imine (C=N–C) groups is 1. The molecule has 0 N–H and O–H groups in total. The Morgan fingerprint density at radius 3 is 1.79 bits per heavy atom. The van der Waals surface area contributed by atoms with Crippen LogP contribution in [-0.4, -0.2) is 23.6 Å². The molecule has 8 rings (SSSR count). The number of amidine groups is 1. The van der Waals surface area contributed by atoms with Crippen molar-refractivity contribution >= 4 is 34.6 Å². The molecule has 3 aliphatic heterocycles. The second-order valence-electron chi connectivity index (χ2n) is 12.4. The van der Waals surface area contributed by atoms with Gasteiger partial charge >= 0.3 is 0 Å². The minimum absolute atomic E-state index is 0.0718. The predicted molar refractivity (Wildman–Crippen MR) is 173 cm³/mol. The van der Waals surface area contributed by atoms with Crippen LogP contribution in [0.4, 0.5) is 5.69 Å². The molecule has 0 aromatic heterocycles. The summed E-state index contributed by atoms with van der Waals surface area (Å²) in [6.45, 7) is 9.06. The highest BCUT2D eigenvalue weighted by atomic mass is 16.5. The summed E-state index contributed by atoms with van der Waals surface area (Å²) in [5.41, 5.74) is 7.28. The molecule has 0 saturated heterocycles. The van der Waals surface area contributed by atoms with Crippen LogP contribution in [0.25, 0.3) is 11.1 Å². The summed E-state index contributed by atoms with van der Waals surface area (Å²) >= 11 is 0. The fourth-order valence-electron chi connectivity index (χ4n) is 6.60. The third-order valence-corrected chi connectivity index (χ3v) is 9.42. The van der Waals surface area contributed by atoms with E-state index < -0.39 is 0 Å². The van der Waals surface area contributed by atoms with Crippen molar-refractivity contribution in [3.8, 4) is 34.1 Å². The van der Waals surface area contributed by atoms with E-state index >= 15 is 0 Å². The number of nitrogens with zero attached hydrogens (tertiary/aromatic N) is 2. The Balaban J connectivity index is 1.26. The highest BCUT2D eigenvalue weighted by molar-refractivity contribution is 6.98. The highest BCUT2D eigenvalue weighted by Crippen LogP contribution is 2.44. The topological polar surface area (TPSA) is 34.1 Å². The monoisotopic (exact) mass is 546 g/mol. The average molecular weight is 546 g/mol. The highest BCUT2D eigenvalue weighted by Gasteiger charge is 2.49. The van der Waals surface area contributed by atoms with Gasteiger partial charge in [-0.15, -0.1) is 0 Å². The SMILES string of the molecule is CC1(C)N=C(c2ccccc2)N(c2cccc(-c3cc4c5c(c3)Oc3ccccc3B5c3ccccc3O4)c2)C1(C)C. The van der Waals surface area contributed by atoms with Crippen molar-refractivity contribution in [2.45, 2.75) is 38.8 Å². The number of hydrogen-bond donors (Lipinski definition) is 0. The van der Waals surface area contributed by atoms with E-state index in [2.05, 4.69) is 130 Å². The van der Waals surface area contributed by atoms with Crippen LogP contribution in [0.2, 0.25) is 0 Å². The minimum Gasteiger partial charge on any atom is -0.458 e. The molecule has 5 aromatic carbocycles. The Morgan fingerprint density at radius 1 is 0.571 bits per heavy atom. The van der Waals surface area contributed by atoms with Gasteiger partial charge in [-0.1, -0.05) is 78.9 Å². The summed E-state index contributed by atoms with van der Waals surface area (Å²) in [5.74, 6) is 4.48. The van der Waals surface area contributed by atoms with Crippen molar-refractivity contribution in [2.24, 2.45) is 4.99 Å². The molecule has 5 heteroatoms. The van der Waals surface area contributed by atoms with Gasteiger partial charge in [0.05, 0.1) is 11.1 Å². The lowest BCUT2D eigenvalue weighted by Gasteiger charge is -2.41. The van der Waals surface area contributed by atoms with Gasteiger partial charge in [0.2, 0.25) is 0 Å². The number of rotatable bonds is 3. The first-order valence-electron chi connectivity index (χ1n) is 14.6. The maximum atomic E-state index is 6.56. The van der Waals surface area contributed by atoms with Crippen LogP contribution in [0.1, 0.15) is 33.3 Å². The molecule has 0 fully saturated rings. The largest absolute Gasteiger partial charge is 0.458 e. The van der Waals surface area contributed by atoms with Crippen molar-refractivity contribution < 1.29 is 9.47 Å². The molecule has 0 saturated carbocycles. The van der Waals surface area contributed by atoms with E-state index in [9.17, 15) is 0 Å². The van der Waals surface area contributed by atoms with E-state index in [-0.39, 0.29) is 17.8 Å². The van der Waals surface area contributed by atoms with Crippen molar-refractivity contribution in [1.82, 2.24) is 0 Å². The number of hydrogen-bond acceptors (Lipinski definition) is 4. The van der Waals surface area contributed by atoms with Crippen molar-refractivity contribution in [2.75, 3.05) is 4.90 Å². The summed E-state index contributed by atoms with van der Waals surface area (Å²) in [6, 6.07) is 40.3. The molecule has 0 spiro atoms. The lowest BCUT2D eigenvalue weighted by molar-refractivity contribution is 0.338. The molecular weight excluding hydrogens is 515 g/mol. The number of anilines is 1. The van der Waals surface area contributed by atoms with Gasteiger partial charge in [0.15, 0.2) is 0 Å². The maximum absolute atomic E-state index is 6.56. The van der Waals surface area contributed by atoms with Gasteiger partial charge in [0.1, 0.15) is 28.8 Å². The molecule has 0 amide bonds. The first-order valence-corrected chi connectivity index (χ1v) is 14.6. The molecule has 3 aliphatic rings. The van der Waals surface area contributed by atoms with Crippen LogP contribution in [0.5, 0.6) is 23.0 Å². The fraction of sp³-hybridized carbons (Fsp3) is 0.162. The zero-order valence-corrected chi connectivity index (χ0v) is 24.3. The standard InChI is InChI=1S/C37H31BN2O2/c1-36(2)37(3,4)40(35(39-36)24-13-6-5-7-14-24)27-16-12-15-25(21-27)26-22-32-34-33(23-26)42-31-20-11-9-18-29(31)38(34)28-17-8-10-19-30(28)41-32/h5-23H,1-4H3. The van der Waals surface area contributed by atoms with E-state index in [0.29, 0.717) is 0 Å². The van der Waals surface area contributed by atoms with Gasteiger partial charge in [-0.05, 0) is 86.1 Å². The summed E-state index contributed by atoms with van der Waals surface area (Å²) in [7, 11) is 0. The third kappa shape index (κ3) is 3.59. The Kier molecular flexibility index (Phi) is 5.27. The molecule has 5 aromatic rings. The Labute approximate surface area is 247 Å². The van der Waals surface area contributed by atoms with E-state index in [1.807, 2.05) is 18.2 Å². The third-order valence-electron chi connectivity index (χ3n) is 9.42. The second kappa shape index (κ2) is 8.87. The lowest BCUT2D eigenvalue weighted by Crippen LogP contribution is -2.57. The molecule has 0 aliphatic carbocycles. The van der Waals surface area contributed by atoms with Crippen LogP contribution in [0.15, 0.2) is 120 Å². The van der Waals surface area contributed by atoms with Crippen LogP contribution >= 0.6 is 0 Å². The molecule has 0 unspecified atom stereocenters. The molecular formula is C37H31BN2O2. The smallest absolute Gasteiger partial charge is 0.260 e. The molecule has 0 radical (unpaired) electrons. The van der Waals surface area contributed by atoms with E-state index in [1.54, 1.807) is 0 Å². The Bertz CT molecular complexity index is 1840. The van der Waals surface area contributed by atoms with Crippen LogP contribution in [-0.2, 0) is 0 Å².